The van der Waals surface area contributed by atoms with Crippen LogP contribution in [0.25, 0.3) is 0 Å². The number of hydrogen-bond donors (Lipinski definition) is 0. The summed E-state index contributed by atoms with van der Waals surface area (Å²) in [6.07, 6.45) is 3.24. The third-order valence-electron chi connectivity index (χ3n) is 3.68. The molecule has 1 aromatic heterocycles. The fourth-order valence-electron chi connectivity index (χ4n) is 1.87. The van der Waals surface area contributed by atoms with Crippen molar-refractivity contribution in [2.75, 3.05) is 6.61 Å². The Kier molecular flexibility index (Phi) is 3.82. The summed E-state index contributed by atoms with van der Waals surface area (Å²) in [5, 5.41) is 0.467. The van der Waals surface area contributed by atoms with Gasteiger partial charge in [-0.1, -0.05) is 11.6 Å². The van der Waals surface area contributed by atoms with Crippen molar-refractivity contribution < 1.29 is 14.0 Å². The Balaban J connectivity index is 2.37. The molecule has 19 heavy (non-hydrogen) atoms. The lowest BCUT2D eigenvalue weighted by molar-refractivity contribution is 0.00578. The van der Waals surface area contributed by atoms with Crippen LogP contribution in [-0.4, -0.2) is 29.9 Å². The zero-order valence-corrected chi connectivity index (χ0v) is 12.7. The van der Waals surface area contributed by atoms with Gasteiger partial charge in [0.1, 0.15) is 10.8 Å². The maximum atomic E-state index is 6.13. The van der Waals surface area contributed by atoms with Gasteiger partial charge >= 0.3 is 7.12 Å². The topological polar surface area (TPSA) is 40.6 Å². The van der Waals surface area contributed by atoms with E-state index in [0.29, 0.717) is 17.4 Å². The molecule has 1 fully saturated rings. The monoisotopic (exact) mass is 283 g/mol. The minimum absolute atomic E-state index is 0.399. The number of halogens is 1. The van der Waals surface area contributed by atoms with E-state index in [0.717, 1.165) is 5.46 Å². The molecule has 104 valence electrons. The summed E-state index contributed by atoms with van der Waals surface area (Å²) in [4.78, 5) is 4.10. The van der Waals surface area contributed by atoms with Gasteiger partial charge in [-0.25, -0.2) is 0 Å². The first-order chi connectivity index (χ1) is 8.78. The molecule has 2 heterocycles. The molecule has 0 aliphatic carbocycles. The van der Waals surface area contributed by atoms with Crippen molar-refractivity contribution in [3.63, 3.8) is 0 Å². The van der Waals surface area contributed by atoms with Crippen molar-refractivity contribution in [1.29, 1.82) is 0 Å². The second-order valence-corrected chi connectivity index (χ2v) is 5.97. The normalized spacial score (nSPS) is 20.6. The van der Waals surface area contributed by atoms with E-state index in [1.807, 2.05) is 34.6 Å². The van der Waals surface area contributed by atoms with E-state index in [9.17, 15) is 0 Å². The van der Waals surface area contributed by atoms with Crippen LogP contribution in [0.5, 0.6) is 5.75 Å². The molecule has 0 atom stereocenters. The highest BCUT2D eigenvalue weighted by atomic mass is 35.5. The van der Waals surface area contributed by atoms with Crippen molar-refractivity contribution in [2.45, 2.75) is 45.8 Å². The van der Waals surface area contributed by atoms with Crippen LogP contribution in [0.3, 0.4) is 0 Å². The van der Waals surface area contributed by atoms with Crippen LogP contribution in [0, 0.1) is 0 Å². The number of nitrogens with zero attached hydrogens (tertiary/aromatic N) is 1. The first-order valence-corrected chi connectivity index (χ1v) is 6.78. The summed E-state index contributed by atoms with van der Waals surface area (Å²) in [5.41, 5.74) is -0.0690. The van der Waals surface area contributed by atoms with E-state index < -0.39 is 18.3 Å². The molecule has 0 saturated carbocycles. The quantitative estimate of drug-likeness (QED) is 0.799. The summed E-state index contributed by atoms with van der Waals surface area (Å²) < 4.78 is 17.6. The fourth-order valence-corrected chi connectivity index (χ4v) is 2.09. The minimum Gasteiger partial charge on any atom is -0.493 e. The predicted molar refractivity (Wildman–Crippen MR) is 76.1 cm³/mol. The molecule has 1 aromatic rings. The van der Waals surface area contributed by atoms with Gasteiger partial charge in [0.25, 0.3) is 0 Å². The van der Waals surface area contributed by atoms with Crippen LogP contribution < -0.4 is 10.2 Å². The first kappa shape index (κ1) is 14.6. The third kappa shape index (κ3) is 2.60. The van der Waals surface area contributed by atoms with E-state index in [4.69, 9.17) is 25.6 Å². The van der Waals surface area contributed by atoms with Crippen molar-refractivity contribution in [3.05, 3.63) is 17.4 Å². The molecule has 0 aromatic carbocycles. The number of ether oxygens (including phenoxy) is 1. The highest BCUT2D eigenvalue weighted by molar-refractivity contribution is 6.63. The summed E-state index contributed by atoms with van der Waals surface area (Å²) in [7, 11) is -0.516. The van der Waals surface area contributed by atoms with Crippen LogP contribution in [0.1, 0.15) is 34.6 Å². The molecular weight excluding hydrogens is 264 g/mol. The Morgan fingerprint density at radius 3 is 2.32 bits per heavy atom. The van der Waals surface area contributed by atoms with Gasteiger partial charge in [0.2, 0.25) is 0 Å². The van der Waals surface area contributed by atoms with Crippen LogP contribution >= 0.6 is 11.6 Å². The molecule has 0 unspecified atom stereocenters. The molecule has 6 heteroatoms. The summed E-state index contributed by atoms with van der Waals surface area (Å²) in [5.74, 6) is 0.581. The van der Waals surface area contributed by atoms with Crippen LogP contribution in [0.4, 0.5) is 0 Å². The van der Waals surface area contributed by atoms with Crippen molar-refractivity contribution in [2.24, 2.45) is 0 Å². The highest BCUT2D eigenvalue weighted by Gasteiger charge is 2.52. The Hall–Kier alpha value is -0.775. The molecule has 0 spiro atoms. The van der Waals surface area contributed by atoms with E-state index in [-0.39, 0.29) is 0 Å². The van der Waals surface area contributed by atoms with Crippen molar-refractivity contribution in [1.82, 2.24) is 4.98 Å². The summed E-state index contributed by atoms with van der Waals surface area (Å²) in [6.45, 7) is 10.5. The van der Waals surface area contributed by atoms with Gasteiger partial charge in [0.15, 0.2) is 0 Å². The second-order valence-electron chi connectivity index (χ2n) is 5.56. The summed E-state index contributed by atoms with van der Waals surface area (Å²) >= 11 is 6.13. The van der Waals surface area contributed by atoms with E-state index >= 15 is 0 Å². The highest BCUT2D eigenvalue weighted by Crippen LogP contribution is 2.37. The lowest BCUT2D eigenvalue weighted by Crippen LogP contribution is -2.41. The van der Waals surface area contributed by atoms with Gasteiger partial charge in [-0.3, -0.25) is 4.98 Å². The zero-order chi connectivity index (χ0) is 14.3. The minimum atomic E-state index is -0.516. The Bertz CT molecular complexity index is 463. The molecule has 0 bridgehead atoms. The van der Waals surface area contributed by atoms with Crippen molar-refractivity contribution in [3.8, 4) is 5.75 Å². The first-order valence-electron chi connectivity index (χ1n) is 6.40. The molecular formula is C13H19BClNO3. The third-order valence-corrected chi connectivity index (χ3v) is 3.95. The van der Waals surface area contributed by atoms with E-state index in [1.54, 1.807) is 12.4 Å². The average molecular weight is 284 g/mol. The average Bonchev–Trinajstić information content (AvgIpc) is 2.51. The smallest absolute Gasteiger partial charge is 0.493 e. The largest absolute Gasteiger partial charge is 0.500 e. The Morgan fingerprint density at radius 1 is 1.21 bits per heavy atom. The molecule has 0 radical (unpaired) electrons. The Morgan fingerprint density at radius 2 is 1.79 bits per heavy atom. The SMILES string of the molecule is CCOc1c(Cl)cncc1B1OC(C)(C)C(C)(C)O1. The maximum absolute atomic E-state index is 6.13. The molecule has 1 aliphatic rings. The molecule has 1 aliphatic heterocycles. The second kappa shape index (κ2) is 4.96. The van der Waals surface area contributed by atoms with Crippen molar-refractivity contribution >= 4 is 24.2 Å². The lowest BCUT2D eigenvalue weighted by atomic mass is 9.79. The van der Waals surface area contributed by atoms with Gasteiger partial charge in [-0.05, 0) is 34.6 Å². The molecule has 2 rings (SSSR count). The fraction of sp³-hybridized carbons (Fsp3) is 0.615. The molecule has 0 N–H and O–H groups in total. The number of aromatic nitrogens is 1. The van der Waals surface area contributed by atoms with Crippen LogP contribution in [0.15, 0.2) is 12.4 Å². The van der Waals surface area contributed by atoms with Gasteiger partial charge in [-0.2, -0.15) is 0 Å². The van der Waals surface area contributed by atoms with Gasteiger partial charge < -0.3 is 14.0 Å². The van der Waals surface area contributed by atoms with Crippen LogP contribution in [-0.2, 0) is 9.31 Å². The predicted octanol–water partition coefficient (Wildman–Crippen LogP) is 2.43. The number of pyridine rings is 1. The van der Waals surface area contributed by atoms with Gasteiger partial charge in [-0.15, -0.1) is 0 Å². The zero-order valence-electron chi connectivity index (χ0n) is 12.0. The standard InChI is InChI=1S/C13H19BClNO3/c1-6-17-11-9(7-16-8-10(11)15)14-18-12(2,3)13(4,5)19-14/h7-8H,6H2,1-5H3. The molecule has 4 nitrogen and oxygen atoms in total. The van der Waals surface area contributed by atoms with E-state index in [1.165, 1.54) is 0 Å². The van der Waals surface area contributed by atoms with Crippen LogP contribution in [0.2, 0.25) is 5.02 Å². The Labute approximate surface area is 119 Å². The molecule has 0 amide bonds. The van der Waals surface area contributed by atoms with Gasteiger partial charge in [0.05, 0.1) is 17.8 Å². The van der Waals surface area contributed by atoms with E-state index in [2.05, 4.69) is 4.98 Å². The maximum Gasteiger partial charge on any atom is 0.500 e. The number of hydrogen-bond acceptors (Lipinski definition) is 4. The van der Waals surface area contributed by atoms with Gasteiger partial charge in [0, 0.05) is 17.9 Å². The lowest BCUT2D eigenvalue weighted by Gasteiger charge is -2.32. The molecule has 1 saturated heterocycles. The number of rotatable bonds is 3. The summed E-state index contributed by atoms with van der Waals surface area (Å²) in [6, 6.07) is 0.